The number of nitrogens with two attached hydrogens (primary N) is 1. The first-order valence-electron chi connectivity index (χ1n) is 6.42. The quantitative estimate of drug-likeness (QED) is 0.843. The van der Waals surface area contributed by atoms with Crippen LogP contribution in [-0.2, 0) is 0 Å². The van der Waals surface area contributed by atoms with E-state index in [0.29, 0.717) is 5.92 Å². The van der Waals surface area contributed by atoms with Crippen LogP contribution in [0.5, 0.6) is 5.75 Å². The van der Waals surface area contributed by atoms with E-state index < -0.39 is 0 Å². The van der Waals surface area contributed by atoms with Gasteiger partial charge >= 0.3 is 0 Å². The molecule has 0 radical (unpaired) electrons. The Morgan fingerprint density at radius 1 is 1.24 bits per heavy atom. The van der Waals surface area contributed by atoms with Gasteiger partial charge in [0.2, 0.25) is 0 Å². The fourth-order valence-corrected chi connectivity index (χ4v) is 2.46. The van der Waals surface area contributed by atoms with Crippen molar-refractivity contribution in [1.29, 1.82) is 0 Å². The fraction of sp³-hybridized carbons (Fsp3) is 0.600. The van der Waals surface area contributed by atoms with Gasteiger partial charge in [-0.05, 0) is 42.9 Å². The van der Waals surface area contributed by atoms with E-state index in [1.54, 1.807) is 7.11 Å². The predicted molar refractivity (Wildman–Crippen MR) is 73.5 cm³/mol. The van der Waals surface area contributed by atoms with Gasteiger partial charge in [0.1, 0.15) is 5.75 Å². The first kappa shape index (κ1) is 14.0. The number of aryl methyl sites for hydroxylation is 2. The summed E-state index contributed by atoms with van der Waals surface area (Å²) >= 11 is 0. The van der Waals surface area contributed by atoms with Gasteiger partial charge in [-0.15, -0.1) is 0 Å². The second-order valence-electron chi connectivity index (χ2n) is 4.98. The van der Waals surface area contributed by atoms with Gasteiger partial charge in [-0.1, -0.05) is 32.4 Å². The molecule has 1 rings (SSSR count). The summed E-state index contributed by atoms with van der Waals surface area (Å²) in [7, 11) is 1.72. The van der Waals surface area contributed by atoms with Crippen LogP contribution in [0.4, 0.5) is 0 Å². The summed E-state index contributed by atoms with van der Waals surface area (Å²) in [4.78, 5) is 0. The highest BCUT2D eigenvalue weighted by atomic mass is 16.5. The molecule has 2 N–H and O–H groups in total. The molecule has 96 valence electrons. The van der Waals surface area contributed by atoms with E-state index in [-0.39, 0.29) is 6.04 Å². The molecule has 1 aromatic rings. The number of methoxy groups -OCH3 is 1. The van der Waals surface area contributed by atoms with Crippen molar-refractivity contribution in [2.45, 2.75) is 46.6 Å². The van der Waals surface area contributed by atoms with Crippen LogP contribution in [0.1, 0.15) is 49.4 Å². The monoisotopic (exact) mass is 235 g/mol. The maximum Gasteiger partial charge on any atom is 0.124 e. The van der Waals surface area contributed by atoms with Crippen molar-refractivity contribution in [1.82, 2.24) is 0 Å². The van der Waals surface area contributed by atoms with Gasteiger partial charge in [0.15, 0.2) is 0 Å². The van der Waals surface area contributed by atoms with Gasteiger partial charge in [0.05, 0.1) is 7.11 Å². The third-order valence-electron chi connectivity index (χ3n) is 3.43. The van der Waals surface area contributed by atoms with E-state index in [9.17, 15) is 0 Å². The minimum atomic E-state index is 0.123. The van der Waals surface area contributed by atoms with Gasteiger partial charge in [-0.3, -0.25) is 0 Å². The van der Waals surface area contributed by atoms with Crippen LogP contribution >= 0.6 is 0 Å². The Labute approximate surface area is 105 Å². The predicted octanol–water partition coefficient (Wildman–Crippen LogP) is 3.75. The Morgan fingerprint density at radius 3 is 2.18 bits per heavy atom. The van der Waals surface area contributed by atoms with Crippen molar-refractivity contribution in [2.24, 2.45) is 11.7 Å². The summed E-state index contributed by atoms with van der Waals surface area (Å²) in [6.07, 6.45) is 2.36. The van der Waals surface area contributed by atoms with Crippen molar-refractivity contribution < 1.29 is 4.74 Å². The van der Waals surface area contributed by atoms with Crippen LogP contribution in [0.3, 0.4) is 0 Å². The largest absolute Gasteiger partial charge is 0.496 e. The number of rotatable bonds is 5. The summed E-state index contributed by atoms with van der Waals surface area (Å²) in [5.41, 5.74) is 9.87. The zero-order valence-corrected chi connectivity index (χ0v) is 11.7. The lowest BCUT2D eigenvalue weighted by atomic mass is 9.90. The molecule has 0 fully saturated rings. The molecule has 2 heteroatoms. The zero-order chi connectivity index (χ0) is 13.0. The van der Waals surface area contributed by atoms with Crippen LogP contribution in [0.25, 0.3) is 0 Å². The van der Waals surface area contributed by atoms with Gasteiger partial charge in [-0.2, -0.15) is 0 Å². The standard InChI is InChI=1S/C15H25NO/c1-6-7-10(2)14(16)13-8-11(3)15(17-5)12(4)9-13/h8-10,14H,6-7,16H2,1-5H3. The average Bonchev–Trinajstić information content (AvgIpc) is 2.27. The molecule has 0 aromatic heterocycles. The molecular weight excluding hydrogens is 210 g/mol. The number of benzene rings is 1. The highest BCUT2D eigenvalue weighted by Gasteiger charge is 2.16. The molecule has 0 spiro atoms. The molecule has 1 aromatic carbocycles. The van der Waals surface area contributed by atoms with Crippen LogP contribution < -0.4 is 10.5 Å². The van der Waals surface area contributed by atoms with E-state index in [4.69, 9.17) is 10.5 Å². The van der Waals surface area contributed by atoms with Crippen molar-refractivity contribution in [2.75, 3.05) is 7.11 Å². The van der Waals surface area contributed by atoms with Crippen molar-refractivity contribution in [3.05, 3.63) is 28.8 Å². The second kappa shape index (κ2) is 6.06. The molecule has 0 saturated heterocycles. The summed E-state index contributed by atoms with van der Waals surface area (Å²) in [5, 5.41) is 0. The molecule has 2 unspecified atom stereocenters. The zero-order valence-electron chi connectivity index (χ0n) is 11.7. The average molecular weight is 235 g/mol. The molecule has 0 aliphatic rings. The minimum absolute atomic E-state index is 0.123. The SMILES string of the molecule is CCCC(C)C(N)c1cc(C)c(OC)c(C)c1. The lowest BCUT2D eigenvalue weighted by molar-refractivity contribution is 0.406. The Bertz CT molecular complexity index is 350. The van der Waals surface area contributed by atoms with Crippen molar-refractivity contribution in [3.63, 3.8) is 0 Å². The maximum absolute atomic E-state index is 6.31. The summed E-state index contributed by atoms with van der Waals surface area (Å²) in [6, 6.07) is 4.43. The van der Waals surface area contributed by atoms with Gasteiger partial charge in [0, 0.05) is 6.04 Å². The lowest BCUT2D eigenvalue weighted by Crippen LogP contribution is -2.19. The molecule has 0 saturated carbocycles. The smallest absolute Gasteiger partial charge is 0.124 e. The summed E-state index contributed by atoms with van der Waals surface area (Å²) in [5.74, 6) is 1.50. The number of hydrogen-bond donors (Lipinski definition) is 1. The Balaban J connectivity index is 2.99. The maximum atomic E-state index is 6.31. The number of ether oxygens (including phenoxy) is 1. The third-order valence-corrected chi connectivity index (χ3v) is 3.43. The lowest BCUT2D eigenvalue weighted by Gasteiger charge is -2.21. The van der Waals surface area contributed by atoms with Gasteiger partial charge in [-0.25, -0.2) is 0 Å². The van der Waals surface area contributed by atoms with Crippen LogP contribution in [0.2, 0.25) is 0 Å². The number of hydrogen-bond acceptors (Lipinski definition) is 2. The van der Waals surface area contributed by atoms with E-state index in [0.717, 1.165) is 5.75 Å². The summed E-state index contributed by atoms with van der Waals surface area (Å²) < 4.78 is 5.38. The normalized spacial score (nSPS) is 14.5. The molecule has 0 amide bonds. The van der Waals surface area contributed by atoms with Crippen molar-refractivity contribution in [3.8, 4) is 5.75 Å². The highest BCUT2D eigenvalue weighted by Crippen LogP contribution is 2.30. The Kier molecular flexibility index (Phi) is 5.01. The third kappa shape index (κ3) is 3.22. The van der Waals surface area contributed by atoms with Crippen LogP contribution in [-0.4, -0.2) is 7.11 Å². The Hall–Kier alpha value is -1.02. The second-order valence-corrected chi connectivity index (χ2v) is 4.98. The molecule has 0 aliphatic heterocycles. The molecule has 2 atom stereocenters. The molecular formula is C15H25NO. The van der Waals surface area contributed by atoms with Gasteiger partial charge in [0.25, 0.3) is 0 Å². The van der Waals surface area contributed by atoms with E-state index in [1.807, 2.05) is 0 Å². The molecule has 17 heavy (non-hydrogen) atoms. The van der Waals surface area contributed by atoms with Crippen LogP contribution in [0.15, 0.2) is 12.1 Å². The van der Waals surface area contributed by atoms with E-state index in [2.05, 4.69) is 39.8 Å². The molecule has 0 aliphatic carbocycles. The van der Waals surface area contributed by atoms with Crippen LogP contribution in [0, 0.1) is 19.8 Å². The molecule has 2 nitrogen and oxygen atoms in total. The molecule has 0 bridgehead atoms. The first-order chi connectivity index (χ1) is 8.01. The van der Waals surface area contributed by atoms with E-state index in [1.165, 1.54) is 29.5 Å². The van der Waals surface area contributed by atoms with Gasteiger partial charge < -0.3 is 10.5 Å². The Morgan fingerprint density at radius 2 is 1.76 bits per heavy atom. The fourth-order valence-electron chi connectivity index (χ4n) is 2.46. The summed E-state index contributed by atoms with van der Waals surface area (Å²) in [6.45, 7) is 8.58. The first-order valence-corrected chi connectivity index (χ1v) is 6.42. The topological polar surface area (TPSA) is 35.2 Å². The van der Waals surface area contributed by atoms with E-state index >= 15 is 0 Å². The molecule has 0 heterocycles. The minimum Gasteiger partial charge on any atom is -0.496 e. The van der Waals surface area contributed by atoms with Crippen molar-refractivity contribution >= 4 is 0 Å². The highest BCUT2D eigenvalue weighted by molar-refractivity contribution is 5.44.